The van der Waals surface area contributed by atoms with Crippen molar-refractivity contribution in [3.05, 3.63) is 0 Å². The average molecular weight is 250 g/mol. The molecular weight excluding hydrogens is 228 g/mol. The minimum atomic E-state index is -0.502. The van der Waals surface area contributed by atoms with Crippen LogP contribution in [-0.2, 0) is 9.59 Å². The van der Waals surface area contributed by atoms with E-state index in [-0.39, 0.29) is 17.9 Å². The quantitative estimate of drug-likeness (QED) is 0.824. The molecule has 1 spiro atoms. The lowest BCUT2D eigenvalue weighted by Gasteiger charge is -2.45. The first-order valence-electron chi connectivity index (χ1n) is 7.26. The first-order valence-corrected chi connectivity index (χ1v) is 7.26. The fourth-order valence-corrected chi connectivity index (χ4v) is 3.46. The maximum atomic E-state index is 12.4. The zero-order valence-corrected chi connectivity index (χ0v) is 11.1. The Hall–Kier alpha value is -1.06. The number of piperazine rings is 1. The molecule has 2 aliphatic carbocycles. The summed E-state index contributed by atoms with van der Waals surface area (Å²) < 4.78 is 0. The van der Waals surface area contributed by atoms with E-state index in [0.29, 0.717) is 0 Å². The summed E-state index contributed by atoms with van der Waals surface area (Å²) in [5.74, 6) is 1.01. The second kappa shape index (κ2) is 4.25. The lowest BCUT2D eigenvalue weighted by molar-refractivity contribution is -0.156. The number of hydrogen-bond acceptors (Lipinski definition) is 2. The SMILES string of the molecule is CC1NC(=O)C2(CCCC2)N(CCC2CC2)C1=O. The van der Waals surface area contributed by atoms with Crippen molar-refractivity contribution in [2.75, 3.05) is 6.54 Å². The Bertz CT molecular complexity index is 370. The van der Waals surface area contributed by atoms with Crippen LogP contribution in [0.25, 0.3) is 0 Å². The molecule has 3 fully saturated rings. The van der Waals surface area contributed by atoms with Gasteiger partial charge in [0, 0.05) is 6.54 Å². The summed E-state index contributed by atoms with van der Waals surface area (Å²) in [4.78, 5) is 26.6. The maximum absolute atomic E-state index is 12.4. The average Bonchev–Trinajstić information content (AvgIpc) is 3.03. The molecular formula is C14H22N2O2. The fraction of sp³-hybridized carbons (Fsp3) is 0.857. The van der Waals surface area contributed by atoms with Crippen LogP contribution in [0.2, 0.25) is 0 Å². The largest absolute Gasteiger partial charge is 0.343 e. The number of nitrogens with zero attached hydrogens (tertiary/aromatic N) is 1. The zero-order chi connectivity index (χ0) is 12.8. The molecule has 1 N–H and O–H groups in total. The van der Waals surface area contributed by atoms with Gasteiger partial charge in [-0.1, -0.05) is 25.7 Å². The Labute approximate surface area is 108 Å². The molecule has 1 saturated heterocycles. The van der Waals surface area contributed by atoms with Crippen LogP contribution in [0.5, 0.6) is 0 Å². The summed E-state index contributed by atoms with van der Waals surface area (Å²) in [6.07, 6.45) is 7.51. The van der Waals surface area contributed by atoms with Crippen molar-refractivity contribution < 1.29 is 9.59 Å². The van der Waals surface area contributed by atoms with E-state index in [2.05, 4.69) is 5.32 Å². The van der Waals surface area contributed by atoms with E-state index in [0.717, 1.165) is 44.6 Å². The fourth-order valence-electron chi connectivity index (χ4n) is 3.46. The van der Waals surface area contributed by atoms with Crippen LogP contribution in [0, 0.1) is 5.92 Å². The molecule has 2 saturated carbocycles. The smallest absolute Gasteiger partial charge is 0.246 e. The van der Waals surface area contributed by atoms with Crippen molar-refractivity contribution in [2.45, 2.75) is 63.5 Å². The highest BCUT2D eigenvalue weighted by Gasteiger charge is 2.52. The molecule has 1 aliphatic heterocycles. The molecule has 18 heavy (non-hydrogen) atoms. The van der Waals surface area contributed by atoms with Crippen LogP contribution < -0.4 is 5.32 Å². The van der Waals surface area contributed by atoms with Crippen LogP contribution >= 0.6 is 0 Å². The molecule has 4 nitrogen and oxygen atoms in total. The molecule has 0 aromatic heterocycles. The van der Waals surface area contributed by atoms with Crippen LogP contribution in [0.4, 0.5) is 0 Å². The van der Waals surface area contributed by atoms with E-state index in [1.807, 2.05) is 4.90 Å². The standard InChI is InChI=1S/C14H22N2O2/c1-10-12(17)16(9-6-11-4-5-11)14(13(18)15-10)7-2-3-8-14/h10-11H,2-9H2,1H3,(H,15,18). The van der Waals surface area contributed by atoms with Crippen molar-refractivity contribution >= 4 is 11.8 Å². The molecule has 1 atom stereocenters. The summed E-state index contributed by atoms with van der Waals surface area (Å²) in [6, 6.07) is -0.345. The Morgan fingerprint density at radius 1 is 1.28 bits per heavy atom. The van der Waals surface area contributed by atoms with Gasteiger partial charge in [0.25, 0.3) is 0 Å². The van der Waals surface area contributed by atoms with Crippen LogP contribution in [0.15, 0.2) is 0 Å². The van der Waals surface area contributed by atoms with Crippen molar-refractivity contribution in [3.8, 4) is 0 Å². The number of hydrogen-bond donors (Lipinski definition) is 1. The second-order valence-corrected chi connectivity index (χ2v) is 6.16. The summed E-state index contributed by atoms with van der Waals surface area (Å²) in [5, 5.41) is 2.86. The summed E-state index contributed by atoms with van der Waals surface area (Å²) in [7, 11) is 0. The van der Waals surface area contributed by atoms with E-state index in [4.69, 9.17) is 0 Å². The third kappa shape index (κ3) is 1.82. The van der Waals surface area contributed by atoms with Crippen LogP contribution in [0.1, 0.15) is 51.9 Å². The van der Waals surface area contributed by atoms with Crippen molar-refractivity contribution in [2.24, 2.45) is 5.92 Å². The molecule has 0 radical (unpaired) electrons. The summed E-state index contributed by atoms with van der Waals surface area (Å²) in [6.45, 7) is 2.58. The summed E-state index contributed by atoms with van der Waals surface area (Å²) in [5.41, 5.74) is -0.502. The molecule has 2 amide bonds. The first-order chi connectivity index (χ1) is 8.63. The van der Waals surface area contributed by atoms with Crippen molar-refractivity contribution in [3.63, 3.8) is 0 Å². The van der Waals surface area contributed by atoms with Gasteiger partial charge in [-0.25, -0.2) is 0 Å². The molecule has 0 aromatic carbocycles. The second-order valence-electron chi connectivity index (χ2n) is 6.16. The Balaban J connectivity index is 1.81. The normalized spacial score (nSPS) is 30.9. The molecule has 3 aliphatic rings. The third-order valence-electron chi connectivity index (χ3n) is 4.81. The van der Waals surface area contributed by atoms with E-state index in [1.165, 1.54) is 12.8 Å². The molecule has 1 heterocycles. The van der Waals surface area contributed by atoms with Crippen molar-refractivity contribution in [1.82, 2.24) is 10.2 Å². The minimum Gasteiger partial charge on any atom is -0.343 e. The van der Waals surface area contributed by atoms with Gasteiger partial charge in [0.15, 0.2) is 0 Å². The number of carbonyl (C=O) groups is 2. The van der Waals surface area contributed by atoms with Gasteiger partial charge < -0.3 is 10.2 Å². The Morgan fingerprint density at radius 3 is 2.56 bits per heavy atom. The van der Waals surface area contributed by atoms with Gasteiger partial charge in [0.05, 0.1) is 0 Å². The Kier molecular flexibility index (Phi) is 2.83. The highest BCUT2D eigenvalue weighted by molar-refractivity contribution is 5.99. The number of rotatable bonds is 3. The van der Waals surface area contributed by atoms with Gasteiger partial charge in [-0.15, -0.1) is 0 Å². The predicted octanol–water partition coefficient (Wildman–Crippen LogP) is 1.45. The van der Waals surface area contributed by atoms with Crippen LogP contribution in [-0.4, -0.2) is 34.8 Å². The zero-order valence-electron chi connectivity index (χ0n) is 11.1. The summed E-state index contributed by atoms with van der Waals surface area (Å²) >= 11 is 0. The van der Waals surface area contributed by atoms with Gasteiger partial charge in [0.2, 0.25) is 11.8 Å². The predicted molar refractivity (Wildman–Crippen MR) is 67.9 cm³/mol. The Morgan fingerprint density at radius 2 is 1.94 bits per heavy atom. The van der Waals surface area contributed by atoms with E-state index in [1.54, 1.807) is 6.92 Å². The van der Waals surface area contributed by atoms with Gasteiger partial charge in [-0.3, -0.25) is 9.59 Å². The lowest BCUT2D eigenvalue weighted by Crippen LogP contribution is -2.69. The number of amides is 2. The molecule has 100 valence electrons. The van der Waals surface area contributed by atoms with E-state index < -0.39 is 5.54 Å². The third-order valence-corrected chi connectivity index (χ3v) is 4.81. The molecule has 1 unspecified atom stereocenters. The minimum absolute atomic E-state index is 0.0860. The van der Waals surface area contributed by atoms with Gasteiger partial charge in [-0.2, -0.15) is 0 Å². The maximum Gasteiger partial charge on any atom is 0.246 e. The van der Waals surface area contributed by atoms with Gasteiger partial charge in [-0.05, 0) is 32.1 Å². The van der Waals surface area contributed by atoms with Gasteiger partial charge >= 0.3 is 0 Å². The first kappa shape index (κ1) is 12.0. The molecule has 0 bridgehead atoms. The molecule has 0 aromatic rings. The highest BCUT2D eigenvalue weighted by Crippen LogP contribution is 2.40. The lowest BCUT2D eigenvalue weighted by atomic mass is 9.89. The molecule has 3 rings (SSSR count). The van der Waals surface area contributed by atoms with E-state index >= 15 is 0 Å². The topological polar surface area (TPSA) is 49.4 Å². The van der Waals surface area contributed by atoms with E-state index in [9.17, 15) is 9.59 Å². The number of nitrogens with one attached hydrogen (secondary N) is 1. The number of carbonyl (C=O) groups excluding carboxylic acids is 2. The van der Waals surface area contributed by atoms with Crippen molar-refractivity contribution in [1.29, 1.82) is 0 Å². The highest BCUT2D eigenvalue weighted by atomic mass is 16.2. The molecule has 4 heteroatoms. The van der Waals surface area contributed by atoms with Gasteiger partial charge in [0.1, 0.15) is 11.6 Å². The monoisotopic (exact) mass is 250 g/mol. The van der Waals surface area contributed by atoms with Crippen LogP contribution in [0.3, 0.4) is 0 Å².